The second kappa shape index (κ2) is 8.14. The Morgan fingerprint density at radius 2 is 1.65 bits per heavy atom. The number of quaternary nitrogens is 2. The number of para-hydroxylation sites is 1. The van der Waals surface area contributed by atoms with Crippen LogP contribution in [0.4, 0.5) is 10.1 Å². The summed E-state index contributed by atoms with van der Waals surface area (Å²) in [4.78, 5) is 9.73. The molecule has 1 aromatic heterocycles. The zero-order valence-corrected chi connectivity index (χ0v) is 15.3. The number of pyridine rings is 1. The number of halogens is 1. The van der Waals surface area contributed by atoms with Crippen molar-refractivity contribution in [1.29, 1.82) is 0 Å². The van der Waals surface area contributed by atoms with Crippen molar-refractivity contribution in [2.45, 2.75) is 25.4 Å². The highest BCUT2D eigenvalue weighted by atomic mass is 19.1. The maximum atomic E-state index is 14.0. The van der Waals surface area contributed by atoms with Gasteiger partial charge in [0.1, 0.15) is 12.4 Å². The number of nitrogens with zero attached hydrogens (tertiary/aromatic N) is 2. The van der Waals surface area contributed by atoms with E-state index in [4.69, 9.17) is 0 Å². The summed E-state index contributed by atoms with van der Waals surface area (Å²) in [5.74, 6) is -0.0935. The van der Waals surface area contributed by atoms with Crippen LogP contribution in [-0.4, -0.2) is 50.3 Å². The van der Waals surface area contributed by atoms with Crippen LogP contribution in [0.5, 0.6) is 0 Å². The summed E-state index contributed by atoms with van der Waals surface area (Å²) in [6.07, 6.45) is 6.38. The lowest BCUT2D eigenvalue weighted by atomic mass is 10.0. The van der Waals surface area contributed by atoms with E-state index in [0.29, 0.717) is 0 Å². The molecule has 0 atom stereocenters. The third kappa shape index (κ3) is 4.05. The van der Waals surface area contributed by atoms with Crippen molar-refractivity contribution in [3.8, 4) is 0 Å². The Morgan fingerprint density at radius 3 is 2.35 bits per heavy atom. The molecule has 2 aromatic rings. The SMILES string of the molecule is Fc1ccccc1N1CC[NH+](C2CC[NH+](Cc3ccncc3)CC2)CC1. The van der Waals surface area contributed by atoms with E-state index < -0.39 is 0 Å². The fraction of sp³-hybridized carbons (Fsp3) is 0.476. The molecule has 26 heavy (non-hydrogen) atoms. The molecule has 5 heteroatoms. The van der Waals surface area contributed by atoms with Crippen molar-refractivity contribution in [3.05, 3.63) is 60.2 Å². The number of nitrogens with one attached hydrogen (secondary N) is 2. The van der Waals surface area contributed by atoms with Crippen molar-refractivity contribution in [3.63, 3.8) is 0 Å². The Kier molecular flexibility index (Phi) is 5.46. The molecule has 2 aliphatic heterocycles. The molecule has 0 aliphatic carbocycles. The zero-order chi connectivity index (χ0) is 17.8. The predicted molar refractivity (Wildman–Crippen MR) is 101 cm³/mol. The van der Waals surface area contributed by atoms with Gasteiger partial charge in [-0.2, -0.15) is 0 Å². The molecule has 2 fully saturated rings. The lowest BCUT2D eigenvalue weighted by Crippen LogP contribution is -3.21. The first-order valence-electron chi connectivity index (χ1n) is 9.86. The topological polar surface area (TPSA) is 25.0 Å². The standard InChI is InChI=1S/C21H27FN4/c22-20-3-1-2-4-21(20)26-15-13-25(14-16-26)19-7-11-24(12-8-19)17-18-5-9-23-10-6-18/h1-6,9-10,19H,7-8,11-17H2/p+2. The van der Waals surface area contributed by atoms with E-state index in [1.807, 2.05) is 24.5 Å². The van der Waals surface area contributed by atoms with Crippen LogP contribution in [0.2, 0.25) is 0 Å². The van der Waals surface area contributed by atoms with E-state index in [1.54, 1.807) is 21.9 Å². The average Bonchev–Trinajstić information content (AvgIpc) is 2.70. The quantitative estimate of drug-likeness (QED) is 0.817. The van der Waals surface area contributed by atoms with Crippen molar-refractivity contribution in [2.75, 3.05) is 44.2 Å². The molecule has 2 aliphatic rings. The lowest BCUT2D eigenvalue weighted by Gasteiger charge is -2.40. The lowest BCUT2D eigenvalue weighted by molar-refractivity contribution is -0.963. The fourth-order valence-corrected chi connectivity index (χ4v) is 4.55. The molecule has 0 unspecified atom stereocenters. The molecule has 1 aromatic carbocycles. The van der Waals surface area contributed by atoms with E-state index >= 15 is 0 Å². The van der Waals surface area contributed by atoms with Crippen molar-refractivity contribution >= 4 is 5.69 Å². The summed E-state index contributed by atoms with van der Waals surface area (Å²) >= 11 is 0. The van der Waals surface area contributed by atoms with Crippen molar-refractivity contribution in [1.82, 2.24) is 4.98 Å². The van der Waals surface area contributed by atoms with Gasteiger partial charge in [-0.25, -0.2) is 4.39 Å². The van der Waals surface area contributed by atoms with Crippen molar-refractivity contribution in [2.24, 2.45) is 0 Å². The van der Waals surface area contributed by atoms with Gasteiger partial charge >= 0.3 is 0 Å². The molecule has 2 N–H and O–H groups in total. The van der Waals surface area contributed by atoms with Crippen molar-refractivity contribution < 1.29 is 14.2 Å². The van der Waals surface area contributed by atoms with Gasteiger partial charge in [-0.1, -0.05) is 12.1 Å². The Morgan fingerprint density at radius 1 is 0.962 bits per heavy atom. The minimum absolute atomic E-state index is 0.0935. The van der Waals surface area contributed by atoms with Crippen LogP contribution >= 0.6 is 0 Å². The van der Waals surface area contributed by atoms with Gasteiger partial charge in [0.15, 0.2) is 0 Å². The maximum Gasteiger partial charge on any atom is 0.146 e. The third-order valence-electron chi connectivity index (χ3n) is 6.07. The summed E-state index contributed by atoms with van der Waals surface area (Å²) < 4.78 is 14.0. The van der Waals surface area contributed by atoms with Crippen LogP contribution < -0.4 is 14.7 Å². The monoisotopic (exact) mass is 356 g/mol. The highest BCUT2D eigenvalue weighted by Crippen LogP contribution is 2.18. The Hall–Kier alpha value is -1.98. The number of rotatable bonds is 4. The largest absolute Gasteiger partial charge is 0.358 e. The van der Waals surface area contributed by atoms with Gasteiger partial charge < -0.3 is 14.7 Å². The van der Waals surface area contributed by atoms with Gasteiger partial charge in [0, 0.05) is 30.8 Å². The molecule has 138 valence electrons. The summed E-state index contributed by atoms with van der Waals surface area (Å²) in [5.41, 5.74) is 2.16. The second-order valence-electron chi connectivity index (χ2n) is 7.65. The van der Waals surface area contributed by atoms with Crippen LogP contribution in [-0.2, 0) is 6.54 Å². The Labute approximate surface area is 155 Å². The summed E-state index contributed by atoms with van der Waals surface area (Å²) in [5, 5.41) is 0. The van der Waals surface area contributed by atoms with Crippen LogP contribution in [0.1, 0.15) is 18.4 Å². The molecular formula is C21H29FN4+2. The first-order chi connectivity index (χ1) is 12.8. The van der Waals surface area contributed by atoms with E-state index in [0.717, 1.165) is 44.5 Å². The van der Waals surface area contributed by atoms with Crippen LogP contribution in [0.15, 0.2) is 48.8 Å². The van der Waals surface area contributed by atoms with Crippen LogP contribution in [0, 0.1) is 5.82 Å². The summed E-state index contributed by atoms with van der Waals surface area (Å²) in [6.45, 7) is 7.80. The third-order valence-corrected chi connectivity index (χ3v) is 6.07. The summed E-state index contributed by atoms with van der Waals surface area (Å²) in [7, 11) is 0. The Bertz CT molecular complexity index is 692. The number of piperazine rings is 1. The van der Waals surface area contributed by atoms with E-state index in [9.17, 15) is 4.39 Å². The average molecular weight is 356 g/mol. The van der Waals surface area contributed by atoms with E-state index in [-0.39, 0.29) is 5.82 Å². The minimum atomic E-state index is -0.0935. The number of benzene rings is 1. The molecule has 4 rings (SSSR count). The molecule has 3 heterocycles. The molecule has 4 nitrogen and oxygen atoms in total. The van der Waals surface area contributed by atoms with E-state index in [2.05, 4.69) is 22.0 Å². The smallest absolute Gasteiger partial charge is 0.146 e. The fourth-order valence-electron chi connectivity index (χ4n) is 4.55. The highest BCUT2D eigenvalue weighted by molar-refractivity contribution is 5.47. The van der Waals surface area contributed by atoms with Gasteiger partial charge in [-0.15, -0.1) is 0 Å². The van der Waals surface area contributed by atoms with Gasteiger partial charge in [-0.3, -0.25) is 4.98 Å². The number of aromatic nitrogens is 1. The molecular weight excluding hydrogens is 327 g/mol. The van der Waals surface area contributed by atoms with Crippen LogP contribution in [0.3, 0.4) is 0 Å². The van der Waals surface area contributed by atoms with Crippen LogP contribution in [0.25, 0.3) is 0 Å². The minimum Gasteiger partial charge on any atom is -0.358 e. The zero-order valence-electron chi connectivity index (χ0n) is 15.3. The predicted octanol–water partition coefficient (Wildman–Crippen LogP) is 0.173. The first kappa shape index (κ1) is 17.4. The van der Waals surface area contributed by atoms with Gasteiger partial charge in [0.25, 0.3) is 0 Å². The summed E-state index contributed by atoms with van der Waals surface area (Å²) in [6, 6.07) is 12.2. The number of likely N-dealkylation sites (tertiary alicyclic amines) is 1. The number of piperidine rings is 1. The number of hydrogen-bond acceptors (Lipinski definition) is 2. The first-order valence-corrected chi connectivity index (χ1v) is 9.86. The number of hydrogen-bond donors (Lipinski definition) is 2. The molecule has 0 radical (unpaired) electrons. The second-order valence-corrected chi connectivity index (χ2v) is 7.65. The molecule has 0 saturated carbocycles. The normalized spacial score (nSPS) is 24.6. The number of anilines is 1. The molecule has 2 saturated heterocycles. The molecule has 0 amide bonds. The molecule has 0 spiro atoms. The maximum absolute atomic E-state index is 14.0. The Balaban J connectivity index is 1.25. The van der Waals surface area contributed by atoms with Gasteiger partial charge in [-0.05, 0) is 24.3 Å². The van der Waals surface area contributed by atoms with Gasteiger partial charge in [0.2, 0.25) is 0 Å². The van der Waals surface area contributed by atoms with Gasteiger partial charge in [0.05, 0.1) is 51.0 Å². The highest BCUT2D eigenvalue weighted by Gasteiger charge is 2.32. The van der Waals surface area contributed by atoms with E-state index in [1.165, 1.54) is 31.5 Å². The molecule has 0 bridgehead atoms.